The van der Waals surface area contributed by atoms with E-state index >= 15 is 0 Å². The molecular formula is C19H30N4O3. The van der Waals surface area contributed by atoms with Gasteiger partial charge in [-0.15, -0.1) is 0 Å². The number of hydrogen-bond donors (Lipinski definition) is 1. The van der Waals surface area contributed by atoms with Gasteiger partial charge in [0.25, 0.3) is 0 Å². The van der Waals surface area contributed by atoms with Gasteiger partial charge in [0.2, 0.25) is 17.7 Å². The monoisotopic (exact) mass is 362 g/mol. The third-order valence-corrected chi connectivity index (χ3v) is 6.55. The van der Waals surface area contributed by atoms with Crippen LogP contribution in [0, 0.1) is 5.92 Å². The molecule has 2 atom stereocenters. The topological polar surface area (TPSA) is 73.0 Å². The average Bonchev–Trinajstić information content (AvgIpc) is 3.31. The highest BCUT2D eigenvalue weighted by molar-refractivity contribution is 5.89. The number of carbonyl (C=O) groups excluding carboxylic acids is 3. The summed E-state index contributed by atoms with van der Waals surface area (Å²) < 4.78 is 0. The fraction of sp³-hybridized carbons (Fsp3) is 0.842. The lowest BCUT2D eigenvalue weighted by atomic mass is 10.00. The molecule has 0 bridgehead atoms. The van der Waals surface area contributed by atoms with E-state index in [1.807, 2.05) is 14.7 Å². The van der Waals surface area contributed by atoms with Gasteiger partial charge in [-0.25, -0.2) is 0 Å². The van der Waals surface area contributed by atoms with Crippen LogP contribution in [0.4, 0.5) is 0 Å². The van der Waals surface area contributed by atoms with Crippen molar-refractivity contribution >= 4 is 17.7 Å². The lowest BCUT2D eigenvalue weighted by Crippen LogP contribution is -2.58. The minimum Gasteiger partial charge on any atom is -0.340 e. The largest absolute Gasteiger partial charge is 0.340 e. The van der Waals surface area contributed by atoms with Crippen LogP contribution in [-0.4, -0.2) is 83.8 Å². The molecule has 1 N–H and O–H groups in total. The normalized spacial score (nSPS) is 31.2. The van der Waals surface area contributed by atoms with Gasteiger partial charge in [0.15, 0.2) is 0 Å². The van der Waals surface area contributed by atoms with E-state index in [1.165, 1.54) is 12.8 Å². The van der Waals surface area contributed by atoms with E-state index in [0.29, 0.717) is 32.1 Å². The summed E-state index contributed by atoms with van der Waals surface area (Å²) in [5.74, 6) is 0.215. The van der Waals surface area contributed by atoms with E-state index in [-0.39, 0.29) is 29.7 Å². The molecule has 0 radical (unpaired) electrons. The number of amides is 3. The Balaban J connectivity index is 1.37. The molecule has 4 aliphatic rings. The number of carbonyl (C=O) groups is 3. The summed E-state index contributed by atoms with van der Waals surface area (Å²) in [7, 11) is 0. The van der Waals surface area contributed by atoms with Gasteiger partial charge in [0.1, 0.15) is 0 Å². The first-order valence-electron chi connectivity index (χ1n) is 10.2. The molecule has 0 spiro atoms. The zero-order chi connectivity index (χ0) is 18.1. The van der Waals surface area contributed by atoms with Gasteiger partial charge in [0.05, 0.1) is 12.5 Å². The summed E-state index contributed by atoms with van der Waals surface area (Å²) in [4.78, 5) is 43.5. The molecule has 3 heterocycles. The van der Waals surface area contributed by atoms with Crippen molar-refractivity contribution in [1.29, 1.82) is 0 Å². The molecule has 7 heteroatoms. The third kappa shape index (κ3) is 3.46. The van der Waals surface area contributed by atoms with E-state index < -0.39 is 0 Å². The second-order valence-electron chi connectivity index (χ2n) is 8.23. The van der Waals surface area contributed by atoms with E-state index in [0.717, 1.165) is 45.3 Å². The van der Waals surface area contributed by atoms with E-state index in [4.69, 9.17) is 0 Å². The molecular weight excluding hydrogens is 332 g/mol. The van der Waals surface area contributed by atoms with Crippen molar-refractivity contribution in [3.63, 3.8) is 0 Å². The Morgan fingerprint density at radius 3 is 2.42 bits per heavy atom. The molecule has 3 amide bonds. The molecule has 3 aliphatic heterocycles. The standard InChI is InChI=1S/C19H30N4O3/c24-17-10-14(12-23(17)15-4-1-2-5-15)19(26)21-8-3-6-16(13-21)22-9-7-20-11-18(22)25/h14-16,20H,1-13H2. The Morgan fingerprint density at radius 2 is 1.65 bits per heavy atom. The van der Waals surface area contributed by atoms with Crippen LogP contribution in [0.25, 0.3) is 0 Å². The van der Waals surface area contributed by atoms with Crippen LogP contribution in [0.3, 0.4) is 0 Å². The van der Waals surface area contributed by atoms with E-state index in [1.54, 1.807) is 0 Å². The lowest BCUT2D eigenvalue weighted by molar-refractivity contribution is -0.142. The molecule has 0 aromatic carbocycles. The van der Waals surface area contributed by atoms with Gasteiger partial charge in [-0.2, -0.15) is 0 Å². The van der Waals surface area contributed by atoms with Crippen molar-refractivity contribution in [3.8, 4) is 0 Å². The summed E-state index contributed by atoms with van der Waals surface area (Å²) in [6.07, 6.45) is 6.82. The molecule has 3 saturated heterocycles. The third-order valence-electron chi connectivity index (χ3n) is 6.55. The molecule has 26 heavy (non-hydrogen) atoms. The zero-order valence-electron chi connectivity index (χ0n) is 15.5. The van der Waals surface area contributed by atoms with E-state index in [2.05, 4.69) is 5.32 Å². The summed E-state index contributed by atoms with van der Waals surface area (Å²) in [6.45, 7) is 3.92. The first kappa shape index (κ1) is 17.8. The van der Waals surface area contributed by atoms with Crippen LogP contribution in [0.2, 0.25) is 0 Å². The van der Waals surface area contributed by atoms with Crippen LogP contribution >= 0.6 is 0 Å². The van der Waals surface area contributed by atoms with Gasteiger partial charge in [-0.1, -0.05) is 12.8 Å². The van der Waals surface area contributed by atoms with E-state index in [9.17, 15) is 14.4 Å². The molecule has 0 aromatic heterocycles. The molecule has 1 aliphatic carbocycles. The lowest BCUT2D eigenvalue weighted by Gasteiger charge is -2.41. The van der Waals surface area contributed by atoms with Crippen molar-refractivity contribution < 1.29 is 14.4 Å². The molecule has 4 rings (SSSR count). The summed E-state index contributed by atoms with van der Waals surface area (Å²) in [5, 5.41) is 3.10. The van der Waals surface area contributed by atoms with Gasteiger partial charge < -0.3 is 20.0 Å². The SMILES string of the molecule is O=C(C1CC(=O)N(C2CCCC2)C1)N1CCCC(N2CCNCC2=O)C1. The zero-order valence-corrected chi connectivity index (χ0v) is 15.5. The fourth-order valence-electron chi connectivity index (χ4n) is 5.14. The van der Waals surface area contributed by atoms with Crippen LogP contribution in [0.5, 0.6) is 0 Å². The highest BCUT2D eigenvalue weighted by atomic mass is 16.2. The molecule has 7 nitrogen and oxygen atoms in total. The van der Waals surface area contributed by atoms with Crippen molar-refractivity contribution in [2.45, 2.75) is 57.0 Å². The predicted octanol–water partition coefficient (Wildman–Crippen LogP) is 0.200. The Kier molecular flexibility index (Phi) is 5.16. The van der Waals surface area contributed by atoms with Gasteiger partial charge in [0, 0.05) is 51.2 Å². The maximum absolute atomic E-state index is 13.0. The summed E-state index contributed by atoms with van der Waals surface area (Å²) >= 11 is 0. The quantitative estimate of drug-likeness (QED) is 0.779. The number of nitrogens with one attached hydrogen (secondary N) is 1. The number of hydrogen-bond acceptors (Lipinski definition) is 4. The van der Waals surface area contributed by atoms with Crippen LogP contribution in [0.15, 0.2) is 0 Å². The number of likely N-dealkylation sites (tertiary alicyclic amines) is 2. The first-order chi connectivity index (χ1) is 12.6. The number of piperazine rings is 1. The number of nitrogens with zero attached hydrogens (tertiary/aromatic N) is 3. The molecule has 1 saturated carbocycles. The first-order valence-corrected chi connectivity index (χ1v) is 10.2. The molecule has 4 fully saturated rings. The minimum absolute atomic E-state index is 0.117. The van der Waals surface area contributed by atoms with Crippen molar-refractivity contribution in [2.75, 3.05) is 39.3 Å². The Morgan fingerprint density at radius 1 is 0.885 bits per heavy atom. The van der Waals surface area contributed by atoms with Crippen LogP contribution < -0.4 is 5.32 Å². The Labute approximate surface area is 155 Å². The maximum Gasteiger partial charge on any atom is 0.236 e. The van der Waals surface area contributed by atoms with Crippen molar-refractivity contribution in [3.05, 3.63) is 0 Å². The minimum atomic E-state index is -0.194. The Hall–Kier alpha value is -1.63. The predicted molar refractivity (Wildman–Crippen MR) is 96.3 cm³/mol. The smallest absolute Gasteiger partial charge is 0.236 e. The maximum atomic E-state index is 13.0. The number of rotatable bonds is 3. The second kappa shape index (κ2) is 7.55. The summed E-state index contributed by atoms with van der Waals surface area (Å²) in [6, 6.07) is 0.484. The van der Waals surface area contributed by atoms with Gasteiger partial charge in [-0.05, 0) is 25.7 Å². The highest BCUT2D eigenvalue weighted by Crippen LogP contribution is 2.31. The number of piperidine rings is 1. The average molecular weight is 362 g/mol. The van der Waals surface area contributed by atoms with Gasteiger partial charge >= 0.3 is 0 Å². The Bertz CT molecular complexity index is 575. The molecule has 0 aromatic rings. The second-order valence-corrected chi connectivity index (χ2v) is 8.23. The van der Waals surface area contributed by atoms with Gasteiger partial charge in [-0.3, -0.25) is 14.4 Å². The van der Waals surface area contributed by atoms with Crippen LogP contribution in [0.1, 0.15) is 44.9 Å². The van der Waals surface area contributed by atoms with Crippen molar-refractivity contribution in [1.82, 2.24) is 20.0 Å². The fourth-order valence-corrected chi connectivity index (χ4v) is 5.14. The summed E-state index contributed by atoms with van der Waals surface area (Å²) in [5.41, 5.74) is 0. The van der Waals surface area contributed by atoms with Crippen LogP contribution in [-0.2, 0) is 14.4 Å². The molecule has 144 valence electrons. The highest BCUT2D eigenvalue weighted by Gasteiger charge is 2.41. The van der Waals surface area contributed by atoms with Crippen molar-refractivity contribution in [2.24, 2.45) is 5.92 Å². The molecule has 2 unspecified atom stereocenters.